The van der Waals surface area contributed by atoms with Crippen molar-refractivity contribution in [2.75, 3.05) is 13.1 Å². The Bertz CT molecular complexity index is 417. The van der Waals surface area contributed by atoms with E-state index in [2.05, 4.69) is 0 Å². The Balaban J connectivity index is 2.44. The van der Waals surface area contributed by atoms with Crippen molar-refractivity contribution in [3.8, 4) is 0 Å². The second-order valence-corrected chi connectivity index (χ2v) is 4.61. The second kappa shape index (κ2) is 4.90. The van der Waals surface area contributed by atoms with Gasteiger partial charge >= 0.3 is 6.18 Å². The molecule has 0 aliphatic carbocycles. The summed E-state index contributed by atoms with van der Waals surface area (Å²) < 4.78 is 39.0. The molecule has 2 rings (SSSR count). The molecule has 0 radical (unpaired) electrons. The summed E-state index contributed by atoms with van der Waals surface area (Å²) in [7, 11) is 0. The number of halogens is 3. The van der Waals surface area contributed by atoms with E-state index in [-0.39, 0.29) is 12.1 Å². The molecule has 2 nitrogen and oxygen atoms in total. The van der Waals surface area contributed by atoms with Gasteiger partial charge in [-0.25, -0.2) is 0 Å². The van der Waals surface area contributed by atoms with Crippen LogP contribution in [0, 0.1) is 0 Å². The van der Waals surface area contributed by atoms with Gasteiger partial charge in [-0.1, -0.05) is 25.1 Å². The summed E-state index contributed by atoms with van der Waals surface area (Å²) in [5, 5.41) is 0. The van der Waals surface area contributed by atoms with Crippen molar-refractivity contribution < 1.29 is 13.2 Å². The van der Waals surface area contributed by atoms with Crippen LogP contribution in [-0.4, -0.2) is 24.0 Å². The minimum atomic E-state index is -4.32. The summed E-state index contributed by atoms with van der Waals surface area (Å²) in [5.74, 6) is 0. The number of benzene rings is 1. The summed E-state index contributed by atoms with van der Waals surface area (Å²) in [6, 6.07) is 5.18. The molecule has 0 bridgehead atoms. The molecule has 2 unspecified atom stereocenters. The van der Waals surface area contributed by atoms with E-state index in [0.717, 1.165) is 19.0 Å². The molecule has 18 heavy (non-hydrogen) atoms. The average molecular weight is 258 g/mol. The lowest BCUT2D eigenvalue weighted by atomic mass is 9.95. The Hall–Kier alpha value is -1.07. The summed E-state index contributed by atoms with van der Waals surface area (Å²) in [4.78, 5) is 2.01. The van der Waals surface area contributed by atoms with Crippen LogP contribution in [0.1, 0.15) is 30.5 Å². The Morgan fingerprint density at radius 1 is 1.33 bits per heavy atom. The molecule has 0 saturated carbocycles. The van der Waals surface area contributed by atoms with Gasteiger partial charge in [0.1, 0.15) is 0 Å². The maximum absolute atomic E-state index is 13.0. The highest BCUT2D eigenvalue weighted by molar-refractivity contribution is 5.34. The van der Waals surface area contributed by atoms with E-state index < -0.39 is 11.7 Å². The fraction of sp³-hybridized carbons (Fsp3) is 0.538. The number of alkyl halides is 3. The van der Waals surface area contributed by atoms with Crippen LogP contribution in [0.4, 0.5) is 13.2 Å². The third-order valence-corrected chi connectivity index (χ3v) is 3.54. The van der Waals surface area contributed by atoms with Gasteiger partial charge in [0.25, 0.3) is 0 Å². The van der Waals surface area contributed by atoms with E-state index in [9.17, 15) is 13.2 Å². The number of rotatable bonds is 2. The molecule has 2 atom stereocenters. The molecule has 100 valence electrons. The number of hydrogen-bond acceptors (Lipinski definition) is 2. The third kappa shape index (κ3) is 2.37. The molecule has 1 aliphatic rings. The van der Waals surface area contributed by atoms with E-state index >= 15 is 0 Å². The molecule has 0 aromatic heterocycles. The molecule has 1 fully saturated rings. The van der Waals surface area contributed by atoms with Crippen LogP contribution in [0.2, 0.25) is 0 Å². The van der Waals surface area contributed by atoms with Gasteiger partial charge in [-0.2, -0.15) is 13.2 Å². The summed E-state index contributed by atoms with van der Waals surface area (Å²) in [6.45, 7) is 3.42. The lowest BCUT2D eigenvalue weighted by Crippen LogP contribution is -2.33. The summed E-state index contributed by atoms with van der Waals surface area (Å²) >= 11 is 0. The largest absolute Gasteiger partial charge is 0.416 e. The predicted molar refractivity (Wildman–Crippen MR) is 64.0 cm³/mol. The van der Waals surface area contributed by atoms with Crippen LogP contribution in [0.15, 0.2) is 24.3 Å². The van der Waals surface area contributed by atoms with Crippen molar-refractivity contribution in [2.45, 2.75) is 31.6 Å². The fourth-order valence-corrected chi connectivity index (χ4v) is 2.68. The van der Waals surface area contributed by atoms with Gasteiger partial charge in [0, 0.05) is 12.6 Å². The fourth-order valence-electron chi connectivity index (χ4n) is 2.68. The van der Waals surface area contributed by atoms with E-state index in [1.165, 1.54) is 6.07 Å². The molecule has 5 heteroatoms. The molecule has 1 heterocycles. The highest BCUT2D eigenvalue weighted by atomic mass is 19.4. The van der Waals surface area contributed by atoms with Gasteiger partial charge < -0.3 is 5.73 Å². The van der Waals surface area contributed by atoms with Crippen molar-refractivity contribution >= 4 is 0 Å². The van der Waals surface area contributed by atoms with Crippen molar-refractivity contribution in [3.05, 3.63) is 35.4 Å². The third-order valence-electron chi connectivity index (χ3n) is 3.54. The average Bonchev–Trinajstić information content (AvgIpc) is 2.69. The van der Waals surface area contributed by atoms with Crippen LogP contribution in [0.25, 0.3) is 0 Å². The van der Waals surface area contributed by atoms with Crippen LogP contribution < -0.4 is 5.73 Å². The number of hydrogen-bond donors (Lipinski definition) is 1. The monoisotopic (exact) mass is 258 g/mol. The van der Waals surface area contributed by atoms with E-state index in [4.69, 9.17) is 5.73 Å². The Kier molecular flexibility index (Phi) is 3.64. The molecule has 0 amide bonds. The first kappa shape index (κ1) is 13.4. The molecule has 0 spiro atoms. The standard InChI is InChI=1S/C13H17F3N2/c1-2-18-8-7-11(17)12(18)9-5-3-4-6-10(9)13(14,15)16/h3-6,11-12H,2,7-8,17H2,1H3. The summed E-state index contributed by atoms with van der Waals surface area (Å²) in [5.41, 5.74) is 5.72. The normalized spacial score (nSPS) is 25.6. The molecule has 2 N–H and O–H groups in total. The minimum Gasteiger partial charge on any atom is -0.326 e. The predicted octanol–water partition coefficient (Wildman–Crippen LogP) is 2.80. The zero-order valence-electron chi connectivity index (χ0n) is 10.2. The van der Waals surface area contributed by atoms with Gasteiger partial charge in [0.05, 0.1) is 11.6 Å². The highest BCUT2D eigenvalue weighted by Crippen LogP contribution is 2.39. The van der Waals surface area contributed by atoms with E-state index in [1.807, 2.05) is 11.8 Å². The van der Waals surface area contributed by atoms with Crippen LogP contribution >= 0.6 is 0 Å². The van der Waals surface area contributed by atoms with Crippen LogP contribution in [0.5, 0.6) is 0 Å². The maximum atomic E-state index is 13.0. The Labute approximate surface area is 105 Å². The quantitative estimate of drug-likeness (QED) is 0.883. The topological polar surface area (TPSA) is 29.3 Å². The first-order chi connectivity index (χ1) is 8.45. The molecule has 1 aromatic rings. The highest BCUT2D eigenvalue weighted by Gasteiger charge is 2.39. The zero-order chi connectivity index (χ0) is 13.3. The van der Waals surface area contributed by atoms with Gasteiger partial charge in [0.15, 0.2) is 0 Å². The van der Waals surface area contributed by atoms with Crippen molar-refractivity contribution in [2.24, 2.45) is 5.73 Å². The number of likely N-dealkylation sites (tertiary alicyclic amines) is 1. The van der Waals surface area contributed by atoms with E-state index in [1.54, 1.807) is 12.1 Å². The lowest BCUT2D eigenvalue weighted by molar-refractivity contribution is -0.138. The number of nitrogens with two attached hydrogens (primary N) is 1. The minimum absolute atomic E-state index is 0.228. The number of likely N-dealkylation sites (N-methyl/N-ethyl adjacent to an activating group) is 1. The zero-order valence-corrected chi connectivity index (χ0v) is 10.2. The molecule has 1 aliphatic heterocycles. The maximum Gasteiger partial charge on any atom is 0.416 e. The molecular weight excluding hydrogens is 241 g/mol. The van der Waals surface area contributed by atoms with Crippen molar-refractivity contribution in [1.29, 1.82) is 0 Å². The van der Waals surface area contributed by atoms with Crippen LogP contribution in [-0.2, 0) is 6.18 Å². The smallest absolute Gasteiger partial charge is 0.326 e. The van der Waals surface area contributed by atoms with E-state index in [0.29, 0.717) is 12.1 Å². The SMILES string of the molecule is CCN1CCC(N)C1c1ccccc1C(F)(F)F. The number of nitrogens with zero attached hydrogens (tertiary/aromatic N) is 1. The van der Waals surface area contributed by atoms with Crippen LogP contribution in [0.3, 0.4) is 0 Å². The molecule has 1 aromatic carbocycles. The Morgan fingerprint density at radius 2 is 2.00 bits per heavy atom. The molecular formula is C13H17F3N2. The Morgan fingerprint density at radius 3 is 2.61 bits per heavy atom. The molecule has 1 saturated heterocycles. The lowest BCUT2D eigenvalue weighted by Gasteiger charge is -2.28. The van der Waals surface area contributed by atoms with Gasteiger partial charge in [-0.05, 0) is 24.6 Å². The van der Waals surface area contributed by atoms with Crippen molar-refractivity contribution in [1.82, 2.24) is 4.90 Å². The summed E-state index contributed by atoms with van der Waals surface area (Å²) in [6.07, 6.45) is -3.58. The van der Waals surface area contributed by atoms with Gasteiger partial charge in [0.2, 0.25) is 0 Å². The van der Waals surface area contributed by atoms with Crippen molar-refractivity contribution in [3.63, 3.8) is 0 Å². The first-order valence-electron chi connectivity index (χ1n) is 6.11. The van der Waals surface area contributed by atoms with Gasteiger partial charge in [-0.15, -0.1) is 0 Å². The second-order valence-electron chi connectivity index (χ2n) is 4.61. The van der Waals surface area contributed by atoms with Gasteiger partial charge in [-0.3, -0.25) is 4.90 Å². The first-order valence-corrected chi connectivity index (χ1v) is 6.11.